The van der Waals surface area contributed by atoms with Gasteiger partial charge in [-0.25, -0.2) is 0 Å². The van der Waals surface area contributed by atoms with Crippen molar-refractivity contribution in [3.8, 4) is 5.69 Å². The van der Waals surface area contributed by atoms with Crippen LogP contribution >= 0.6 is 0 Å². The highest BCUT2D eigenvalue weighted by atomic mass is 16.1. The average molecular weight is 336 g/mol. The third-order valence-corrected chi connectivity index (χ3v) is 3.64. The van der Waals surface area contributed by atoms with E-state index in [1.165, 1.54) is 0 Å². The largest absolute Gasteiger partial charge is 0.378 e. The Kier molecular flexibility index (Phi) is 5.03. The first kappa shape index (κ1) is 16.6. The van der Waals surface area contributed by atoms with Gasteiger partial charge in [0.25, 0.3) is 0 Å². The Hall–Kier alpha value is -3.22. The Morgan fingerprint density at radius 1 is 1.08 bits per heavy atom. The minimum absolute atomic E-state index is 0.00910. The molecule has 2 aromatic carbocycles. The molecule has 0 aliphatic carbocycles. The highest BCUT2D eigenvalue weighted by Crippen LogP contribution is 2.17. The number of tetrazole rings is 1. The van der Waals surface area contributed by atoms with Gasteiger partial charge in [-0.05, 0) is 40.8 Å². The van der Waals surface area contributed by atoms with E-state index >= 15 is 0 Å². The summed E-state index contributed by atoms with van der Waals surface area (Å²) in [4.78, 5) is 11.8. The van der Waals surface area contributed by atoms with Crippen LogP contribution in [-0.4, -0.2) is 26.1 Å². The summed E-state index contributed by atoms with van der Waals surface area (Å²) in [6.07, 6.45) is 0. The summed E-state index contributed by atoms with van der Waals surface area (Å²) in [5, 5.41) is 18.0. The van der Waals surface area contributed by atoms with E-state index in [9.17, 15) is 4.79 Å². The second-order valence-corrected chi connectivity index (χ2v) is 5.92. The van der Waals surface area contributed by atoms with Gasteiger partial charge in [-0.2, -0.15) is 4.68 Å². The molecule has 0 spiro atoms. The van der Waals surface area contributed by atoms with E-state index in [-0.39, 0.29) is 11.8 Å². The summed E-state index contributed by atoms with van der Waals surface area (Å²) in [6, 6.07) is 17.3. The van der Waals surface area contributed by atoms with Crippen LogP contribution in [0, 0.1) is 5.92 Å². The number of para-hydroxylation sites is 1. The number of nitrogens with one attached hydrogen (secondary N) is 2. The predicted molar refractivity (Wildman–Crippen MR) is 96.4 cm³/mol. The minimum atomic E-state index is -0.0629. The number of rotatable bonds is 6. The summed E-state index contributed by atoms with van der Waals surface area (Å²) >= 11 is 0. The highest BCUT2D eigenvalue weighted by molar-refractivity contribution is 5.92. The third kappa shape index (κ3) is 4.20. The van der Waals surface area contributed by atoms with Gasteiger partial charge in [-0.15, -0.1) is 5.10 Å². The molecule has 1 aromatic heterocycles. The van der Waals surface area contributed by atoms with Crippen molar-refractivity contribution in [2.75, 3.05) is 10.6 Å². The fourth-order valence-corrected chi connectivity index (χ4v) is 2.26. The Bertz CT molecular complexity index is 844. The lowest BCUT2D eigenvalue weighted by Crippen LogP contribution is -2.17. The van der Waals surface area contributed by atoms with E-state index in [1.807, 2.05) is 68.4 Å². The van der Waals surface area contributed by atoms with Crippen molar-refractivity contribution in [2.45, 2.75) is 20.4 Å². The van der Waals surface area contributed by atoms with E-state index in [0.717, 1.165) is 17.1 Å². The van der Waals surface area contributed by atoms with Gasteiger partial charge in [0.2, 0.25) is 5.91 Å². The summed E-state index contributed by atoms with van der Waals surface area (Å²) in [6.45, 7) is 4.19. The molecule has 25 heavy (non-hydrogen) atoms. The Morgan fingerprint density at radius 2 is 1.84 bits per heavy atom. The molecule has 3 rings (SSSR count). The Balaban J connectivity index is 1.69. The van der Waals surface area contributed by atoms with Gasteiger partial charge in [0.1, 0.15) is 0 Å². The monoisotopic (exact) mass is 336 g/mol. The zero-order valence-corrected chi connectivity index (χ0v) is 14.2. The van der Waals surface area contributed by atoms with Crippen LogP contribution in [0.15, 0.2) is 54.6 Å². The zero-order chi connectivity index (χ0) is 17.6. The van der Waals surface area contributed by atoms with Gasteiger partial charge in [0.15, 0.2) is 5.82 Å². The van der Waals surface area contributed by atoms with Crippen molar-refractivity contribution in [2.24, 2.45) is 5.92 Å². The molecule has 2 N–H and O–H groups in total. The summed E-state index contributed by atoms with van der Waals surface area (Å²) in [5.41, 5.74) is 2.54. The van der Waals surface area contributed by atoms with E-state index in [1.54, 1.807) is 4.68 Å². The molecule has 0 aliphatic heterocycles. The Morgan fingerprint density at radius 3 is 2.60 bits per heavy atom. The number of anilines is 2. The molecule has 0 atom stereocenters. The maximum absolute atomic E-state index is 11.8. The third-order valence-electron chi connectivity index (χ3n) is 3.64. The molecule has 7 nitrogen and oxygen atoms in total. The highest BCUT2D eigenvalue weighted by Gasteiger charge is 2.09. The van der Waals surface area contributed by atoms with Crippen LogP contribution in [-0.2, 0) is 11.3 Å². The molecule has 0 saturated heterocycles. The van der Waals surface area contributed by atoms with Crippen molar-refractivity contribution >= 4 is 17.3 Å². The first-order valence-electron chi connectivity index (χ1n) is 8.11. The maximum Gasteiger partial charge on any atom is 0.226 e. The van der Waals surface area contributed by atoms with Crippen molar-refractivity contribution in [3.63, 3.8) is 0 Å². The van der Waals surface area contributed by atoms with E-state index < -0.39 is 0 Å². The second kappa shape index (κ2) is 7.57. The fraction of sp³-hybridized carbons (Fsp3) is 0.222. The molecule has 0 aliphatic rings. The molecular weight excluding hydrogens is 316 g/mol. The van der Waals surface area contributed by atoms with Crippen LogP contribution in [0.1, 0.15) is 19.7 Å². The Labute approximate surface area is 146 Å². The molecule has 0 saturated carbocycles. The number of amides is 1. The normalized spacial score (nSPS) is 10.7. The molecule has 1 heterocycles. The molecule has 0 fully saturated rings. The predicted octanol–water partition coefficient (Wildman–Crippen LogP) is 2.87. The van der Waals surface area contributed by atoms with E-state index in [4.69, 9.17) is 0 Å². The van der Waals surface area contributed by atoms with Crippen molar-refractivity contribution in [3.05, 3.63) is 60.4 Å². The van der Waals surface area contributed by atoms with Crippen molar-refractivity contribution in [1.29, 1.82) is 0 Å². The molecule has 7 heteroatoms. The lowest BCUT2D eigenvalue weighted by Gasteiger charge is -2.11. The molecule has 1 amide bonds. The molecule has 0 radical (unpaired) electrons. The number of hydrogen-bond acceptors (Lipinski definition) is 5. The van der Waals surface area contributed by atoms with Crippen LogP contribution in [0.4, 0.5) is 11.4 Å². The molecular formula is C18H20N6O. The van der Waals surface area contributed by atoms with Gasteiger partial charge in [-0.1, -0.05) is 38.1 Å². The van der Waals surface area contributed by atoms with Crippen LogP contribution in [0.3, 0.4) is 0 Å². The van der Waals surface area contributed by atoms with Crippen LogP contribution < -0.4 is 10.6 Å². The van der Waals surface area contributed by atoms with Crippen LogP contribution in [0.2, 0.25) is 0 Å². The first-order valence-corrected chi connectivity index (χ1v) is 8.11. The zero-order valence-electron chi connectivity index (χ0n) is 14.2. The SMILES string of the molecule is CC(C)C(=O)Nc1cccc(NCc2nnnn2-c2ccccc2)c1. The summed E-state index contributed by atoms with van der Waals surface area (Å²) in [5.74, 6) is 0.625. The van der Waals surface area contributed by atoms with Gasteiger partial charge >= 0.3 is 0 Å². The van der Waals surface area contributed by atoms with Gasteiger partial charge in [-0.3, -0.25) is 4.79 Å². The molecule has 0 bridgehead atoms. The van der Waals surface area contributed by atoms with Crippen molar-refractivity contribution < 1.29 is 4.79 Å². The number of hydrogen-bond donors (Lipinski definition) is 2. The van der Waals surface area contributed by atoms with Gasteiger partial charge < -0.3 is 10.6 Å². The lowest BCUT2D eigenvalue weighted by atomic mass is 10.2. The molecule has 128 valence electrons. The molecule has 3 aromatic rings. The standard InChI is InChI=1S/C18H20N6O/c1-13(2)18(25)20-15-8-6-7-14(11-15)19-12-17-21-22-23-24(17)16-9-4-3-5-10-16/h3-11,13,19H,12H2,1-2H3,(H,20,25). The average Bonchev–Trinajstić information content (AvgIpc) is 3.09. The number of carbonyl (C=O) groups is 1. The second-order valence-electron chi connectivity index (χ2n) is 5.92. The number of carbonyl (C=O) groups excluding carboxylic acids is 1. The number of benzene rings is 2. The van der Waals surface area contributed by atoms with E-state index in [0.29, 0.717) is 12.4 Å². The minimum Gasteiger partial charge on any atom is -0.378 e. The topological polar surface area (TPSA) is 84.7 Å². The van der Waals surface area contributed by atoms with Crippen LogP contribution in [0.25, 0.3) is 5.69 Å². The first-order chi connectivity index (χ1) is 12.1. The maximum atomic E-state index is 11.8. The quantitative estimate of drug-likeness (QED) is 0.723. The van der Waals surface area contributed by atoms with Gasteiger partial charge in [0, 0.05) is 17.3 Å². The fourth-order valence-electron chi connectivity index (χ4n) is 2.26. The van der Waals surface area contributed by atoms with E-state index in [2.05, 4.69) is 26.2 Å². The lowest BCUT2D eigenvalue weighted by molar-refractivity contribution is -0.118. The van der Waals surface area contributed by atoms with Crippen molar-refractivity contribution in [1.82, 2.24) is 20.2 Å². The smallest absolute Gasteiger partial charge is 0.226 e. The summed E-state index contributed by atoms with van der Waals surface area (Å²) < 4.78 is 1.69. The van der Waals surface area contributed by atoms with Gasteiger partial charge in [0.05, 0.1) is 12.2 Å². The molecule has 0 unspecified atom stereocenters. The van der Waals surface area contributed by atoms with Crippen LogP contribution in [0.5, 0.6) is 0 Å². The summed E-state index contributed by atoms with van der Waals surface area (Å²) in [7, 11) is 0. The number of aromatic nitrogens is 4. The number of nitrogens with zero attached hydrogens (tertiary/aromatic N) is 4.